The van der Waals surface area contributed by atoms with E-state index in [4.69, 9.17) is 5.11 Å². The number of pyridine rings is 1. The van der Waals surface area contributed by atoms with Gasteiger partial charge in [-0.25, -0.2) is 14.8 Å². The van der Waals surface area contributed by atoms with Gasteiger partial charge in [0.2, 0.25) is 0 Å². The van der Waals surface area contributed by atoms with Crippen LogP contribution in [-0.4, -0.2) is 35.2 Å². The number of rotatable bonds is 3. The zero-order chi connectivity index (χ0) is 12.4. The minimum atomic E-state index is -0.939. The zero-order valence-corrected chi connectivity index (χ0v) is 9.64. The quantitative estimate of drug-likeness (QED) is 0.789. The Labute approximate surface area is 98.7 Å². The highest BCUT2D eigenvalue weighted by molar-refractivity contribution is 6.02. The molecular weight excluding hydrogens is 218 g/mol. The number of carbonyl (C=O) groups is 1. The molecule has 0 fully saturated rings. The molecule has 1 aromatic carbocycles. The fraction of sp³-hybridized carbons (Fsp3) is 0.167. The van der Waals surface area contributed by atoms with Crippen molar-refractivity contribution >= 4 is 22.7 Å². The molecule has 2 N–H and O–H groups in total. The van der Waals surface area contributed by atoms with E-state index in [1.165, 1.54) is 0 Å². The van der Waals surface area contributed by atoms with Crippen molar-refractivity contribution in [1.29, 1.82) is 0 Å². The maximum Gasteiger partial charge on any atom is 0.336 e. The Kier molecular flexibility index (Phi) is 2.93. The Morgan fingerprint density at radius 3 is 2.71 bits per heavy atom. The van der Waals surface area contributed by atoms with Gasteiger partial charge in [0.05, 0.1) is 11.1 Å². The highest BCUT2D eigenvalue weighted by Crippen LogP contribution is 2.19. The molecule has 0 radical (unpaired) electrons. The third-order valence-corrected chi connectivity index (χ3v) is 2.30. The fourth-order valence-corrected chi connectivity index (χ4v) is 1.63. The number of hydrazine groups is 1. The van der Waals surface area contributed by atoms with Gasteiger partial charge in [0.25, 0.3) is 0 Å². The molecule has 0 saturated heterocycles. The lowest BCUT2D eigenvalue weighted by Gasteiger charge is -2.13. The van der Waals surface area contributed by atoms with Gasteiger partial charge in [-0.3, -0.25) is 0 Å². The summed E-state index contributed by atoms with van der Waals surface area (Å²) in [4.78, 5) is 15.4. The summed E-state index contributed by atoms with van der Waals surface area (Å²) in [7, 11) is 3.72. The van der Waals surface area contributed by atoms with Crippen LogP contribution in [0.1, 0.15) is 10.4 Å². The van der Waals surface area contributed by atoms with Crippen molar-refractivity contribution in [2.75, 3.05) is 19.5 Å². The summed E-state index contributed by atoms with van der Waals surface area (Å²) in [6.45, 7) is 0. The van der Waals surface area contributed by atoms with Crippen LogP contribution in [0.4, 0.5) is 5.82 Å². The van der Waals surface area contributed by atoms with E-state index < -0.39 is 5.97 Å². The third kappa shape index (κ3) is 2.34. The second-order valence-corrected chi connectivity index (χ2v) is 3.88. The van der Waals surface area contributed by atoms with Crippen LogP contribution < -0.4 is 5.43 Å². The standard InChI is InChI=1S/C12H13N3O2/c1-15(2)14-11-7-6-8-9(12(16)17)4-3-5-10(8)13-11/h3-7H,1-2H3,(H,13,14)(H,16,17). The number of carboxylic acid groups (broad SMARTS) is 1. The average molecular weight is 231 g/mol. The van der Waals surface area contributed by atoms with E-state index in [0.29, 0.717) is 16.7 Å². The van der Waals surface area contributed by atoms with Gasteiger partial charge < -0.3 is 10.5 Å². The number of benzene rings is 1. The molecule has 0 amide bonds. The number of aromatic nitrogens is 1. The predicted molar refractivity (Wildman–Crippen MR) is 66.0 cm³/mol. The van der Waals surface area contributed by atoms with Crippen LogP contribution in [0.2, 0.25) is 0 Å². The molecule has 1 aromatic heterocycles. The Bertz CT molecular complexity index is 567. The number of nitrogens with zero attached hydrogens (tertiary/aromatic N) is 2. The van der Waals surface area contributed by atoms with Crippen molar-refractivity contribution in [1.82, 2.24) is 9.99 Å². The van der Waals surface area contributed by atoms with E-state index in [9.17, 15) is 4.79 Å². The van der Waals surface area contributed by atoms with E-state index in [2.05, 4.69) is 10.4 Å². The topological polar surface area (TPSA) is 65.5 Å². The summed E-state index contributed by atoms with van der Waals surface area (Å²) in [5.74, 6) is -0.254. The first-order chi connectivity index (χ1) is 8.08. The molecule has 0 aliphatic carbocycles. The highest BCUT2D eigenvalue weighted by Gasteiger charge is 2.08. The maximum atomic E-state index is 11.0. The van der Waals surface area contributed by atoms with Crippen LogP contribution >= 0.6 is 0 Å². The number of hydrogen-bond donors (Lipinski definition) is 2. The summed E-state index contributed by atoms with van der Waals surface area (Å²) in [5, 5.41) is 11.5. The van der Waals surface area contributed by atoms with Crippen LogP contribution in [0.3, 0.4) is 0 Å². The number of nitrogens with one attached hydrogen (secondary N) is 1. The first kappa shape index (κ1) is 11.3. The van der Waals surface area contributed by atoms with Crippen molar-refractivity contribution in [2.45, 2.75) is 0 Å². The Morgan fingerprint density at radius 2 is 2.06 bits per heavy atom. The van der Waals surface area contributed by atoms with Crippen molar-refractivity contribution in [2.24, 2.45) is 0 Å². The molecule has 0 bridgehead atoms. The van der Waals surface area contributed by atoms with Crippen LogP contribution in [0.15, 0.2) is 30.3 Å². The molecular formula is C12H13N3O2. The number of fused-ring (bicyclic) bond motifs is 1. The van der Waals surface area contributed by atoms with E-state index in [-0.39, 0.29) is 5.56 Å². The lowest BCUT2D eigenvalue weighted by Crippen LogP contribution is -2.20. The van der Waals surface area contributed by atoms with Crippen LogP contribution in [0, 0.1) is 0 Å². The van der Waals surface area contributed by atoms with E-state index in [1.807, 2.05) is 14.1 Å². The van der Waals surface area contributed by atoms with Gasteiger partial charge in [-0.15, -0.1) is 0 Å². The molecule has 5 heteroatoms. The molecule has 88 valence electrons. The molecule has 0 aliphatic rings. The van der Waals surface area contributed by atoms with Gasteiger partial charge in [-0.1, -0.05) is 6.07 Å². The highest BCUT2D eigenvalue weighted by atomic mass is 16.4. The molecule has 2 aromatic rings. The zero-order valence-electron chi connectivity index (χ0n) is 9.64. The molecule has 17 heavy (non-hydrogen) atoms. The van der Waals surface area contributed by atoms with E-state index in [1.54, 1.807) is 35.3 Å². The molecule has 5 nitrogen and oxygen atoms in total. The normalized spacial score (nSPS) is 10.8. The van der Waals surface area contributed by atoms with Crippen LogP contribution in [0.25, 0.3) is 10.9 Å². The first-order valence-corrected chi connectivity index (χ1v) is 5.15. The largest absolute Gasteiger partial charge is 0.478 e. The summed E-state index contributed by atoms with van der Waals surface area (Å²) in [5.41, 5.74) is 3.95. The lowest BCUT2D eigenvalue weighted by atomic mass is 10.1. The molecule has 0 saturated carbocycles. The van der Waals surface area contributed by atoms with Crippen molar-refractivity contribution in [3.05, 3.63) is 35.9 Å². The summed E-state index contributed by atoms with van der Waals surface area (Å²) in [6.07, 6.45) is 0. The maximum absolute atomic E-state index is 11.0. The average Bonchev–Trinajstić information content (AvgIpc) is 2.26. The molecule has 0 atom stereocenters. The van der Waals surface area contributed by atoms with E-state index >= 15 is 0 Å². The number of aromatic carboxylic acids is 1. The third-order valence-electron chi connectivity index (χ3n) is 2.30. The van der Waals surface area contributed by atoms with Crippen molar-refractivity contribution in [3.8, 4) is 0 Å². The minimum Gasteiger partial charge on any atom is -0.478 e. The van der Waals surface area contributed by atoms with Gasteiger partial charge in [-0.2, -0.15) is 0 Å². The second-order valence-electron chi connectivity index (χ2n) is 3.88. The minimum absolute atomic E-state index is 0.270. The molecule has 1 heterocycles. The smallest absolute Gasteiger partial charge is 0.336 e. The number of carboxylic acids is 1. The van der Waals surface area contributed by atoms with Crippen molar-refractivity contribution < 1.29 is 9.90 Å². The van der Waals surface area contributed by atoms with Gasteiger partial charge in [-0.05, 0) is 24.3 Å². The van der Waals surface area contributed by atoms with Crippen molar-refractivity contribution in [3.63, 3.8) is 0 Å². The van der Waals surface area contributed by atoms with Gasteiger partial charge in [0.15, 0.2) is 0 Å². The van der Waals surface area contributed by atoms with Gasteiger partial charge >= 0.3 is 5.97 Å². The van der Waals surface area contributed by atoms with Gasteiger partial charge in [0, 0.05) is 19.5 Å². The molecule has 0 aliphatic heterocycles. The van der Waals surface area contributed by atoms with Crippen LogP contribution in [0.5, 0.6) is 0 Å². The fourth-order valence-electron chi connectivity index (χ4n) is 1.63. The predicted octanol–water partition coefficient (Wildman–Crippen LogP) is 1.82. The van der Waals surface area contributed by atoms with Gasteiger partial charge in [0.1, 0.15) is 5.82 Å². The van der Waals surface area contributed by atoms with Crippen LogP contribution in [-0.2, 0) is 0 Å². The first-order valence-electron chi connectivity index (χ1n) is 5.15. The number of hydrogen-bond acceptors (Lipinski definition) is 4. The Morgan fingerprint density at radius 1 is 1.29 bits per heavy atom. The molecule has 2 rings (SSSR count). The second kappa shape index (κ2) is 4.39. The number of anilines is 1. The van der Waals surface area contributed by atoms with E-state index in [0.717, 1.165) is 0 Å². The molecule has 0 unspecified atom stereocenters. The summed E-state index contributed by atoms with van der Waals surface area (Å²) < 4.78 is 0. The Hall–Kier alpha value is -2.14. The summed E-state index contributed by atoms with van der Waals surface area (Å²) in [6, 6.07) is 8.58. The monoisotopic (exact) mass is 231 g/mol. The summed E-state index contributed by atoms with van der Waals surface area (Å²) >= 11 is 0. The Balaban J connectivity index is 2.53. The molecule has 0 spiro atoms. The SMILES string of the molecule is CN(C)Nc1ccc2c(C(=O)O)cccc2n1. The lowest BCUT2D eigenvalue weighted by molar-refractivity contribution is 0.0699.